The molecule has 4 unspecified atom stereocenters. The van der Waals surface area contributed by atoms with Gasteiger partial charge in [-0.25, -0.2) is 14.4 Å². The molecule has 45 heavy (non-hydrogen) atoms. The Morgan fingerprint density at radius 3 is 2.09 bits per heavy atom. The van der Waals surface area contributed by atoms with Gasteiger partial charge in [0.25, 0.3) is 0 Å². The summed E-state index contributed by atoms with van der Waals surface area (Å²) in [6.07, 6.45) is -8.07. The summed E-state index contributed by atoms with van der Waals surface area (Å²) >= 11 is 0. The molecule has 1 aromatic rings. The Bertz CT molecular complexity index is 1300. The highest BCUT2D eigenvalue weighted by Crippen LogP contribution is 2.56. The van der Waals surface area contributed by atoms with Crippen LogP contribution in [0.15, 0.2) is 42.5 Å². The van der Waals surface area contributed by atoms with Gasteiger partial charge in [-0.1, -0.05) is 57.7 Å². The first kappa shape index (κ1) is 35.6. The van der Waals surface area contributed by atoms with Gasteiger partial charge < -0.3 is 44.5 Å². The number of carboxylic acids is 3. The van der Waals surface area contributed by atoms with Gasteiger partial charge >= 0.3 is 29.8 Å². The van der Waals surface area contributed by atoms with Crippen molar-refractivity contribution >= 4 is 29.8 Å². The van der Waals surface area contributed by atoms with Crippen LogP contribution in [0.2, 0.25) is 0 Å². The second-order valence-electron chi connectivity index (χ2n) is 11.5. The fraction of sp³-hybridized carbons (Fsp3) is 0.581. The molecule has 0 saturated carbocycles. The maximum Gasteiger partial charge on any atom is 0.344 e. The Hall–Kier alpha value is -3.85. The van der Waals surface area contributed by atoms with E-state index in [1.807, 2.05) is 37.3 Å². The average molecular weight is 637 g/mol. The van der Waals surface area contributed by atoms with E-state index in [0.717, 1.165) is 5.56 Å². The predicted octanol–water partition coefficient (Wildman–Crippen LogP) is 1.84. The molecule has 14 heteroatoms. The zero-order chi connectivity index (χ0) is 33.7. The van der Waals surface area contributed by atoms with Crippen LogP contribution in [0.4, 0.5) is 0 Å². The molecule has 8 atom stereocenters. The molecule has 3 rings (SSSR count). The number of aliphatic hydroxyl groups is 2. The number of rotatable bonds is 16. The number of aliphatic hydroxyl groups excluding tert-OH is 1. The van der Waals surface area contributed by atoms with Crippen LogP contribution in [0.5, 0.6) is 0 Å². The SMILES string of the molecule is C=C(CCC12OC(C(=O)O)C(O)(C(=O)O)C(C(=O)O)(O1)[C@H](OC(=O)CCC)[C@H]2O)[C@@H](OC(=O)CCC)[C@H](C)Cc1ccccc1. The van der Waals surface area contributed by atoms with E-state index in [0.29, 0.717) is 12.8 Å². The normalized spacial score (nSPS) is 30.1. The van der Waals surface area contributed by atoms with Gasteiger partial charge in [-0.05, 0) is 36.8 Å². The van der Waals surface area contributed by atoms with Crippen molar-refractivity contribution in [3.05, 3.63) is 48.0 Å². The summed E-state index contributed by atoms with van der Waals surface area (Å²) in [5.41, 5.74) is -6.14. The molecular formula is C31H40O14. The van der Waals surface area contributed by atoms with E-state index in [2.05, 4.69) is 6.58 Å². The van der Waals surface area contributed by atoms with Crippen LogP contribution in [0.25, 0.3) is 0 Å². The smallest absolute Gasteiger partial charge is 0.344 e. The first-order valence-corrected chi connectivity index (χ1v) is 14.7. The van der Waals surface area contributed by atoms with E-state index in [-0.39, 0.29) is 37.2 Å². The highest BCUT2D eigenvalue weighted by atomic mass is 16.8. The monoisotopic (exact) mass is 636 g/mol. The number of benzene rings is 1. The van der Waals surface area contributed by atoms with Gasteiger partial charge in [0, 0.05) is 25.2 Å². The van der Waals surface area contributed by atoms with Crippen molar-refractivity contribution in [1.82, 2.24) is 0 Å². The fourth-order valence-electron chi connectivity index (χ4n) is 5.93. The third-order valence-corrected chi connectivity index (χ3v) is 8.14. The molecule has 2 heterocycles. The molecule has 0 aliphatic carbocycles. The minimum absolute atomic E-state index is 0.122. The Morgan fingerprint density at radius 2 is 1.56 bits per heavy atom. The van der Waals surface area contributed by atoms with Crippen molar-refractivity contribution < 1.29 is 68.5 Å². The van der Waals surface area contributed by atoms with Crippen molar-refractivity contribution in [2.75, 3.05) is 0 Å². The van der Waals surface area contributed by atoms with Gasteiger partial charge in [-0.3, -0.25) is 9.59 Å². The summed E-state index contributed by atoms with van der Waals surface area (Å²) in [4.78, 5) is 62.5. The molecule has 0 radical (unpaired) electrons. The van der Waals surface area contributed by atoms with E-state index in [9.17, 15) is 49.5 Å². The molecule has 14 nitrogen and oxygen atoms in total. The van der Waals surface area contributed by atoms with Crippen molar-refractivity contribution in [3.63, 3.8) is 0 Å². The minimum atomic E-state index is -3.86. The van der Waals surface area contributed by atoms with E-state index in [1.54, 1.807) is 13.8 Å². The molecule has 2 saturated heterocycles. The van der Waals surface area contributed by atoms with Crippen LogP contribution >= 0.6 is 0 Å². The Labute approximate surface area is 259 Å². The van der Waals surface area contributed by atoms with E-state index < -0.39 is 77.7 Å². The molecule has 2 aliphatic rings. The predicted molar refractivity (Wildman–Crippen MR) is 153 cm³/mol. The summed E-state index contributed by atoms with van der Waals surface area (Å²) in [6, 6.07) is 9.33. The summed E-state index contributed by atoms with van der Waals surface area (Å²) in [5.74, 6) is -11.1. The van der Waals surface area contributed by atoms with Crippen molar-refractivity contribution in [3.8, 4) is 0 Å². The number of hydrogen-bond donors (Lipinski definition) is 5. The quantitative estimate of drug-likeness (QED) is 0.129. The molecule has 2 fully saturated rings. The second-order valence-corrected chi connectivity index (χ2v) is 11.5. The van der Waals surface area contributed by atoms with Crippen LogP contribution in [-0.2, 0) is 49.3 Å². The molecule has 0 spiro atoms. The lowest BCUT2D eigenvalue weighted by atomic mass is 9.74. The number of carbonyl (C=O) groups excluding carboxylic acids is 2. The summed E-state index contributed by atoms with van der Waals surface area (Å²) in [5, 5.41) is 52.9. The van der Waals surface area contributed by atoms with E-state index in [1.165, 1.54) is 0 Å². The molecule has 2 aliphatic heterocycles. The molecule has 248 valence electrons. The highest BCUT2D eigenvalue weighted by molar-refractivity contribution is 5.98. The van der Waals surface area contributed by atoms with Crippen LogP contribution in [0.1, 0.15) is 64.9 Å². The number of hydrogen-bond acceptors (Lipinski definition) is 11. The second kappa shape index (κ2) is 14.1. The van der Waals surface area contributed by atoms with Crippen molar-refractivity contribution in [2.24, 2.45) is 5.92 Å². The summed E-state index contributed by atoms with van der Waals surface area (Å²) < 4.78 is 22.0. The Kier molecular flexibility index (Phi) is 11.1. The Balaban J connectivity index is 2.03. The lowest BCUT2D eigenvalue weighted by Crippen LogP contribution is -2.78. The molecule has 2 bridgehead atoms. The van der Waals surface area contributed by atoms with Crippen LogP contribution < -0.4 is 0 Å². The number of aliphatic carboxylic acids is 3. The molecule has 0 amide bonds. The van der Waals surface area contributed by atoms with Gasteiger partial charge in [0.1, 0.15) is 12.2 Å². The zero-order valence-corrected chi connectivity index (χ0v) is 25.3. The van der Waals surface area contributed by atoms with Crippen LogP contribution in [0, 0.1) is 5.92 Å². The van der Waals surface area contributed by atoms with Gasteiger partial charge in [0.15, 0.2) is 6.10 Å². The molecule has 0 aromatic heterocycles. The van der Waals surface area contributed by atoms with Gasteiger partial charge in [-0.2, -0.15) is 0 Å². The highest BCUT2D eigenvalue weighted by Gasteiger charge is 2.85. The summed E-state index contributed by atoms with van der Waals surface area (Å²) in [6.45, 7) is 9.26. The lowest BCUT2D eigenvalue weighted by Gasteiger charge is -2.48. The summed E-state index contributed by atoms with van der Waals surface area (Å²) in [7, 11) is 0. The molecule has 5 N–H and O–H groups in total. The number of fused-ring (bicyclic) bond motifs is 2. The number of carbonyl (C=O) groups is 5. The molecule has 1 aromatic carbocycles. The fourth-order valence-corrected chi connectivity index (χ4v) is 5.93. The standard InChI is InChI=1S/C31H40O14/c1-5-10-20(32)42-22(18(4)16-19-12-8-7-9-13-19)17(3)14-15-29-23(34)24(43-21(33)11-6-2)31(45-29,28(39)40)30(41,27(37)38)25(44-29)26(35)36/h7-9,12-13,18,22-25,34,41H,3,5-6,10-11,14-16H2,1-2,4H3,(H,35,36)(H,37,38)(H,39,40)/t18-,22-,23-,24-,25?,29?,30?,31?/m1/s1. The number of esters is 2. The van der Waals surface area contributed by atoms with Crippen LogP contribution in [0.3, 0.4) is 0 Å². The van der Waals surface area contributed by atoms with Crippen molar-refractivity contribution in [2.45, 2.75) is 107 Å². The van der Waals surface area contributed by atoms with Crippen LogP contribution in [-0.4, -0.2) is 96.8 Å². The average Bonchev–Trinajstić information content (AvgIpc) is 3.19. The topological polar surface area (TPSA) is 223 Å². The lowest BCUT2D eigenvalue weighted by molar-refractivity contribution is -0.374. The third-order valence-electron chi connectivity index (χ3n) is 8.14. The van der Waals surface area contributed by atoms with Crippen molar-refractivity contribution in [1.29, 1.82) is 0 Å². The maximum absolute atomic E-state index is 12.8. The first-order valence-electron chi connectivity index (χ1n) is 14.7. The first-order chi connectivity index (χ1) is 21.1. The number of ether oxygens (including phenoxy) is 4. The zero-order valence-electron chi connectivity index (χ0n) is 25.3. The van der Waals surface area contributed by atoms with E-state index in [4.69, 9.17) is 18.9 Å². The molecular weight excluding hydrogens is 596 g/mol. The largest absolute Gasteiger partial charge is 0.479 e. The number of carboxylic acid groups (broad SMARTS) is 3. The Morgan fingerprint density at radius 1 is 0.956 bits per heavy atom. The van der Waals surface area contributed by atoms with Gasteiger partial charge in [-0.15, -0.1) is 0 Å². The van der Waals surface area contributed by atoms with E-state index >= 15 is 0 Å². The van der Waals surface area contributed by atoms with Gasteiger partial charge in [0.05, 0.1) is 0 Å². The van der Waals surface area contributed by atoms with Gasteiger partial charge in [0.2, 0.25) is 23.1 Å². The third kappa shape index (κ3) is 6.59. The minimum Gasteiger partial charge on any atom is -0.479 e. The maximum atomic E-state index is 12.8.